The summed E-state index contributed by atoms with van der Waals surface area (Å²) in [7, 11) is 0. The Bertz CT molecular complexity index is 430. The van der Waals surface area contributed by atoms with Crippen LogP contribution in [-0.4, -0.2) is 6.04 Å². The van der Waals surface area contributed by atoms with Gasteiger partial charge < -0.3 is 5.32 Å². The van der Waals surface area contributed by atoms with Crippen LogP contribution in [0.3, 0.4) is 0 Å². The average molecular weight is 287 g/mol. The number of hydrogen-bond donors (Lipinski definition) is 1. The fourth-order valence-corrected chi connectivity index (χ4v) is 3.45. The Balaban J connectivity index is 1.93. The molecular formula is C20H33N. The first-order valence-corrected chi connectivity index (χ1v) is 8.73. The van der Waals surface area contributed by atoms with E-state index < -0.39 is 0 Å². The van der Waals surface area contributed by atoms with Crippen LogP contribution in [0.2, 0.25) is 0 Å². The Hall–Kier alpha value is -0.820. The van der Waals surface area contributed by atoms with Gasteiger partial charge in [-0.3, -0.25) is 0 Å². The summed E-state index contributed by atoms with van der Waals surface area (Å²) in [5, 5.41) is 3.86. The maximum absolute atomic E-state index is 3.86. The molecule has 1 saturated carbocycles. The molecule has 1 aliphatic carbocycles. The van der Waals surface area contributed by atoms with E-state index in [4.69, 9.17) is 0 Å². The van der Waals surface area contributed by atoms with E-state index in [-0.39, 0.29) is 0 Å². The van der Waals surface area contributed by atoms with E-state index >= 15 is 0 Å². The van der Waals surface area contributed by atoms with Gasteiger partial charge in [-0.15, -0.1) is 0 Å². The van der Waals surface area contributed by atoms with Crippen molar-refractivity contribution in [3.05, 3.63) is 35.4 Å². The Morgan fingerprint density at radius 2 is 1.57 bits per heavy atom. The second-order valence-electron chi connectivity index (χ2n) is 8.00. The molecule has 1 heteroatoms. The summed E-state index contributed by atoms with van der Waals surface area (Å²) in [6, 6.07) is 10.3. The molecule has 0 saturated heterocycles. The summed E-state index contributed by atoms with van der Waals surface area (Å²) in [6.45, 7) is 11.7. The van der Waals surface area contributed by atoms with Gasteiger partial charge in [0, 0.05) is 12.1 Å². The first-order chi connectivity index (χ1) is 9.87. The molecule has 1 aliphatic rings. The van der Waals surface area contributed by atoms with Crippen molar-refractivity contribution in [1.82, 2.24) is 5.32 Å². The van der Waals surface area contributed by atoms with Crippen LogP contribution in [0.25, 0.3) is 0 Å². The fourth-order valence-electron chi connectivity index (χ4n) is 3.45. The van der Waals surface area contributed by atoms with E-state index in [1.807, 2.05) is 0 Å². The van der Waals surface area contributed by atoms with Crippen LogP contribution in [0, 0.1) is 5.41 Å². The van der Waals surface area contributed by atoms with E-state index in [0.29, 0.717) is 23.4 Å². The van der Waals surface area contributed by atoms with Crippen LogP contribution in [0.15, 0.2) is 24.3 Å². The van der Waals surface area contributed by atoms with Crippen molar-refractivity contribution >= 4 is 0 Å². The van der Waals surface area contributed by atoms with E-state index in [0.717, 1.165) is 0 Å². The second-order valence-corrected chi connectivity index (χ2v) is 8.00. The molecule has 1 N–H and O–H groups in total. The molecule has 1 aromatic carbocycles. The molecule has 0 spiro atoms. The lowest BCUT2D eigenvalue weighted by atomic mass is 9.85. The smallest absolute Gasteiger partial charge is 0.0294 e. The zero-order valence-electron chi connectivity index (χ0n) is 14.6. The summed E-state index contributed by atoms with van der Waals surface area (Å²) in [5.41, 5.74) is 3.39. The van der Waals surface area contributed by atoms with Gasteiger partial charge in [0.1, 0.15) is 0 Å². The van der Waals surface area contributed by atoms with E-state index in [1.165, 1.54) is 43.2 Å². The largest absolute Gasteiger partial charge is 0.307 e. The standard InChI is InChI=1S/C20H33N/c1-15(2)17-8-10-18(11-9-17)16(3)21-19-7-6-13-20(4,5)14-12-19/h8-11,15-16,19,21H,6-7,12-14H2,1-5H3. The molecule has 0 amide bonds. The van der Waals surface area contributed by atoms with Crippen molar-refractivity contribution in [3.63, 3.8) is 0 Å². The molecule has 0 aliphatic heterocycles. The molecule has 1 nitrogen and oxygen atoms in total. The molecule has 0 heterocycles. The number of nitrogens with one attached hydrogen (secondary N) is 1. The van der Waals surface area contributed by atoms with Gasteiger partial charge in [0.2, 0.25) is 0 Å². The first kappa shape index (κ1) is 16.5. The zero-order valence-corrected chi connectivity index (χ0v) is 14.6. The van der Waals surface area contributed by atoms with Crippen molar-refractivity contribution < 1.29 is 0 Å². The molecule has 0 radical (unpaired) electrons. The minimum Gasteiger partial charge on any atom is -0.307 e. The van der Waals surface area contributed by atoms with Crippen molar-refractivity contribution in [1.29, 1.82) is 0 Å². The number of rotatable bonds is 4. The minimum atomic E-state index is 0.456. The first-order valence-electron chi connectivity index (χ1n) is 8.73. The molecular weight excluding hydrogens is 254 g/mol. The highest BCUT2D eigenvalue weighted by Crippen LogP contribution is 2.34. The van der Waals surface area contributed by atoms with Gasteiger partial charge in [0.05, 0.1) is 0 Å². The monoisotopic (exact) mass is 287 g/mol. The fraction of sp³-hybridized carbons (Fsp3) is 0.700. The van der Waals surface area contributed by atoms with Crippen molar-refractivity contribution in [2.45, 2.75) is 84.7 Å². The molecule has 1 aromatic rings. The van der Waals surface area contributed by atoms with Crippen LogP contribution >= 0.6 is 0 Å². The third-order valence-electron chi connectivity index (χ3n) is 5.16. The van der Waals surface area contributed by atoms with Gasteiger partial charge in [0.25, 0.3) is 0 Å². The molecule has 0 aromatic heterocycles. The Morgan fingerprint density at radius 1 is 0.952 bits per heavy atom. The van der Waals surface area contributed by atoms with Crippen LogP contribution < -0.4 is 5.32 Å². The topological polar surface area (TPSA) is 12.0 Å². The van der Waals surface area contributed by atoms with E-state index in [2.05, 4.69) is 64.2 Å². The van der Waals surface area contributed by atoms with Crippen LogP contribution in [0.1, 0.15) is 89.8 Å². The highest BCUT2D eigenvalue weighted by atomic mass is 14.9. The third-order valence-corrected chi connectivity index (χ3v) is 5.16. The van der Waals surface area contributed by atoms with Crippen molar-refractivity contribution in [2.24, 2.45) is 5.41 Å². The Kier molecular flexibility index (Phi) is 5.48. The quantitative estimate of drug-likeness (QED) is 0.688. The van der Waals surface area contributed by atoms with Crippen molar-refractivity contribution in [3.8, 4) is 0 Å². The molecule has 0 bridgehead atoms. The number of benzene rings is 1. The average Bonchev–Trinajstić information content (AvgIpc) is 2.60. The summed E-state index contributed by atoms with van der Waals surface area (Å²) in [5.74, 6) is 0.617. The lowest BCUT2D eigenvalue weighted by Crippen LogP contribution is -2.31. The van der Waals surface area contributed by atoms with E-state index in [1.54, 1.807) is 0 Å². The zero-order chi connectivity index (χ0) is 15.5. The lowest BCUT2D eigenvalue weighted by molar-refractivity contribution is 0.307. The van der Waals surface area contributed by atoms with E-state index in [9.17, 15) is 0 Å². The van der Waals surface area contributed by atoms with Gasteiger partial charge in [-0.2, -0.15) is 0 Å². The van der Waals surface area contributed by atoms with Crippen LogP contribution in [0.5, 0.6) is 0 Å². The highest BCUT2D eigenvalue weighted by Gasteiger charge is 2.25. The molecule has 118 valence electrons. The normalized spacial score (nSPS) is 23.8. The maximum atomic E-state index is 3.86. The minimum absolute atomic E-state index is 0.456. The Morgan fingerprint density at radius 3 is 2.19 bits per heavy atom. The lowest BCUT2D eigenvalue weighted by Gasteiger charge is -2.24. The molecule has 2 atom stereocenters. The van der Waals surface area contributed by atoms with Crippen LogP contribution in [0.4, 0.5) is 0 Å². The SMILES string of the molecule is CC(C)c1ccc(C(C)NC2CCCC(C)(C)CC2)cc1. The van der Waals surface area contributed by atoms with Gasteiger partial charge in [-0.05, 0) is 55.1 Å². The van der Waals surface area contributed by atoms with Gasteiger partial charge in [-0.1, -0.05) is 58.4 Å². The van der Waals surface area contributed by atoms with Gasteiger partial charge in [0.15, 0.2) is 0 Å². The molecule has 1 fully saturated rings. The third kappa shape index (κ3) is 4.85. The summed E-state index contributed by atoms with van der Waals surface area (Å²) in [6.07, 6.45) is 6.75. The van der Waals surface area contributed by atoms with Crippen LogP contribution in [-0.2, 0) is 0 Å². The summed E-state index contributed by atoms with van der Waals surface area (Å²) in [4.78, 5) is 0. The predicted molar refractivity (Wildman–Crippen MR) is 92.7 cm³/mol. The van der Waals surface area contributed by atoms with Gasteiger partial charge in [-0.25, -0.2) is 0 Å². The Labute approximate surface area is 131 Å². The molecule has 2 unspecified atom stereocenters. The maximum Gasteiger partial charge on any atom is 0.0294 e. The molecule has 21 heavy (non-hydrogen) atoms. The highest BCUT2D eigenvalue weighted by molar-refractivity contribution is 5.26. The summed E-state index contributed by atoms with van der Waals surface area (Å²) >= 11 is 0. The van der Waals surface area contributed by atoms with Crippen molar-refractivity contribution in [2.75, 3.05) is 0 Å². The second kappa shape index (κ2) is 6.96. The molecule has 2 rings (SSSR count). The predicted octanol–water partition coefficient (Wildman–Crippen LogP) is 5.82. The summed E-state index contributed by atoms with van der Waals surface area (Å²) < 4.78 is 0. The number of hydrogen-bond acceptors (Lipinski definition) is 1. The van der Waals surface area contributed by atoms with Gasteiger partial charge >= 0.3 is 0 Å².